The van der Waals surface area contributed by atoms with Crippen molar-refractivity contribution in [1.29, 1.82) is 5.26 Å². The van der Waals surface area contributed by atoms with E-state index in [-0.39, 0.29) is 53.7 Å². The molecule has 2 atom stereocenters. The maximum absolute atomic E-state index is 14.0. The van der Waals surface area contributed by atoms with Gasteiger partial charge in [-0.3, -0.25) is 4.79 Å². The van der Waals surface area contributed by atoms with Crippen LogP contribution in [0.3, 0.4) is 0 Å². The quantitative estimate of drug-likeness (QED) is 0.263. The monoisotopic (exact) mass is 573 g/mol. The molecule has 0 saturated carbocycles. The Balaban J connectivity index is 1.91. The lowest BCUT2D eigenvalue weighted by atomic mass is 9.97. The summed E-state index contributed by atoms with van der Waals surface area (Å²) in [5.74, 6) is -1.13. The Bertz CT molecular complexity index is 1680. The molecule has 1 fully saturated rings. The molecule has 208 valence electrons. The molecular formula is C26H31N5O6S2. The lowest BCUT2D eigenvalue weighted by Crippen LogP contribution is -2.52. The number of ether oxygens (including phenoxy) is 1. The van der Waals surface area contributed by atoms with Crippen molar-refractivity contribution in [2.45, 2.75) is 24.8 Å². The van der Waals surface area contributed by atoms with Gasteiger partial charge in [0.2, 0.25) is 5.78 Å². The number of hydrogen-bond donors (Lipinski definition) is 1. The van der Waals surface area contributed by atoms with Gasteiger partial charge in [0, 0.05) is 39.4 Å². The number of Topliss-reactive ketones (excluding diaryl/α,β-unsaturated/α-hetero) is 1. The Morgan fingerprint density at radius 2 is 1.77 bits per heavy atom. The molecule has 1 saturated heterocycles. The molecule has 2 aromatic rings. The Kier molecular flexibility index (Phi) is 8.15. The first-order chi connectivity index (χ1) is 18.3. The second kappa shape index (κ2) is 11.1. The summed E-state index contributed by atoms with van der Waals surface area (Å²) in [6.45, 7) is 4.60. The summed E-state index contributed by atoms with van der Waals surface area (Å²) in [5.41, 5.74) is 0.395. The number of allylic oxidation sites excluding steroid dienone is 1. The van der Waals surface area contributed by atoms with E-state index < -0.39 is 32.1 Å². The normalized spacial score (nSPS) is 20.3. The van der Waals surface area contributed by atoms with E-state index in [1.165, 1.54) is 39.7 Å². The first kappa shape index (κ1) is 28.7. The number of morpholine rings is 1. The minimum absolute atomic E-state index is 0.0480. The molecule has 1 N–H and O–H groups in total. The van der Waals surface area contributed by atoms with Crippen LogP contribution in [0, 0.1) is 24.2 Å². The summed E-state index contributed by atoms with van der Waals surface area (Å²) in [6.07, 6.45) is 4.57. The van der Waals surface area contributed by atoms with E-state index in [4.69, 9.17) is 4.74 Å². The van der Waals surface area contributed by atoms with Crippen LogP contribution in [0.15, 0.2) is 47.0 Å². The number of aromatic nitrogens is 1. The van der Waals surface area contributed by atoms with Gasteiger partial charge in [0.05, 0.1) is 23.5 Å². The smallest absolute Gasteiger partial charge is 0.280 e. The Morgan fingerprint density at radius 1 is 1.13 bits per heavy atom. The highest BCUT2D eigenvalue weighted by molar-refractivity contribution is 7.90. The molecular weight excluding hydrogens is 542 g/mol. The molecule has 11 nitrogen and oxygen atoms in total. The van der Waals surface area contributed by atoms with Crippen molar-refractivity contribution in [3.63, 3.8) is 0 Å². The number of fused-ring (bicyclic) bond motifs is 1. The standard InChI is InChI=1S/C26H31N5O6S2/c1-18-5-7-22(8-6-18)38(33,34)31-24-15-23(28-39(35,36)30-9-11-37-12-10-30)19(2)13-20(24)14-25(31)26(32)21(16-27)17-29(3)4/h5-8,13-15,17,19,23,28H,9-12H2,1-4H3/b21-17+. The second-order valence-electron chi connectivity index (χ2n) is 9.75. The highest BCUT2D eigenvalue weighted by Crippen LogP contribution is 2.19. The largest absolute Gasteiger partial charge is 0.382 e. The number of nitrogens with one attached hydrogen (secondary N) is 1. The van der Waals surface area contributed by atoms with Crippen LogP contribution < -0.4 is 15.3 Å². The maximum Gasteiger partial charge on any atom is 0.280 e. The zero-order valence-corrected chi connectivity index (χ0v) is 23.8. The van der Waals surface area contributed by atoms with Crippen LogP contribution in [0.1, 0.15) is 23.0 Å². The summed E-state index contributed by atoms with van der Waals surface area (Å²) in [5, 5.41) is 10.3. The number of hydrogen-bond acceptors (Lipinski definition) is 8. The highest BCUT2D eigenvalue weighted by atomic mass is 32.2. The number of aryl methyl sites for hydroxylation is 1. The molecule has 13 heteroatoms. The molecule has 2 aliphatic rings. The van der Waals surface area contributed by atoms with Gasteiger partial charge in [-0.25, -0.2) is 12.4 Å². The molecule has 0 bridgehead atoms. The topological polar surface area (TPSA) is 142 Å². The average Bonchev–Trinajstić information content (AvgIpc) is 3.26. The van der Waals surface area contributed by atoms with Crippen molar-refractivity contribution >= 4 is 38.2 Å². The Labute approximate surface area is 228 Å². The third-order valence-corrected chi connectivity index (χ3v) is 9.87. The van der Waals surface area contributed by atoms with Crippen molar-refractivity contribution in [1.82, 2.24) is 17.9 Å². The van der Waals surface area contributed by atoms with E-state index in [0.717, 1.165) is 9.54 Å². The molecule has 1 aliphatic carbocycles. The fraction of sp³-hybridized carbons (Fsp3) is 0.385. The molecule has 0 radical (unpaired) electrons. The van der Waals surface area contributed by atoms with Gasteiger partial charge in [0.15, 0.2) is 0 Å². The summed E-state index contributed by atoms with van der Waals surface area (Å²) < 4.78 is 64.2. The fourth-order valence-electron chi connectivity index (χ4n) is 4.47. The summed E-state index contributed by atoms with van der Waals surface area (Å²) >= 11 is 0. The van der Waals surface area contributed by atoms with Crippen LogP contribution in [-0.2, 0) is 25.0 Å². The van der Waals surface area contributed by atoms with Gasteiger partial charge in [-0.15, -0.1) is 0 Å². The molecule has 2 unspecified atom stereocenters. The lowest BCUT2D eigenvalue weighted by Gasteiger charge is -2.29. The van der Waals surface area contributed by atoms with E-state index in [0.29, 0.717) is 5.22 Å². The zero-order chi connectivity index (χ0) is 28.5. The van der Waals surface area contributed by atoms with Crippen molar-refractivity contribution in [3.05, 3.63) is 63.9 Å². The molecule has 1 aliphatic heterocycles. The van der Waals surface area contributed by atoms with Crippen molar-refractivity contribution < 1.29 is 26.4 Å². The zero-order valence-electron chi connectivity index (χ0n) is 22.2. The van der Waals surface area contributed by atoms with Gasteiger partial charge in [0.1, 0.15) is 17.3 Å². The highest BCUT2D eigenvalue weighted by Gasteiger charge is 2.32. The van der Waals surface area contributed by atoms with Gasteiger partial charge >= 0.3 is 0 Å². The minimum Gasteiger partial charge on any atom is -0.382 e. The van der Waals surface area contributed by atoms with Crippen molar-refractivity contribution in [2.24, 2.45) is 5.92 Å². The molecule has 0 amide bonds. The molecule has 1 aromatic carbocycles. The molecule has 2 heterocycles. The Morgan fingerprint density at radius 3 is 2.36 bits per heavy atom. The Hall–Kier alpha value is -3.28. The molecule has 4 rings (SSSR count). The predicted octanol–water partition coefficient (Wildman–Crippen LogP) is -0.0688. The number of carbonyl (C=O) groups is 1. The maximum atomic E-state index is 14.0. The van der Waals surface area contributed by atoms with E-state index >= 15 is 0 Å². The number of rotatable bonds is 8. The van der Waals surface area contributed by atoms with Gasteiger partial charge in [0.25, 0.3) is 20.2 Å². The van der Waals surface area contributed by atoms with Crippen LogP contribution in [0.5, 0.6) is 0 Å². The van der Waals surface area contributed by atoms with Crippen LogP contribution in [0.4, 0.5) is 0 Å². The summed E-state index contributed by atoms with van der Waals surface area (Å²) in [7, 11) is -4.92. The van der Waals surface area contributed by atoms with Crippen molar-refractivity contribution in [3.8, 4) is 6.07 Å². The first-order valence-corrected chi connectivity index (χ1v) is 15.2. The van der Waals surface area contributed by atoms with E-state index in [2.05, 4.69) is 4.72 Å². The number of nitriles is 1. The van der Waals surface area contributed by atoms with Crippen LogP contribution in [0.2, 0.25) is 0 Å². The van der Waals surface area contributed by atoms with Crippen molar-refractivity contribution in [2.75, 3.05) is 40.4 Å². The fourth-order valence-corrected chi connectivity index (χ4v) is 7.39. The molecule has 1 aromatic heterocycles. The van der Waals surface area contributed by atoms with Crippen LogP contribution in [-0.4, -0.2) is 82.2 Å². The van der Waals surface area contributed by atoms with E-state index in [1.54, 1.807) is 39.2 Å². The van der Waals surface area contributed by atoms with Gasteiger partial charge in [-0.05, 0) is 42.3 Å². The van der Waals surface area contributed by atoms with Gasteiger partial charge in [-0.2, -0.15) is 22.7 Å². The number of carbonyl (C=O) groups excluding carboxylic acids is 1. The van der Waals surface area contributed by atoms with E-state index in [1.807, 2.05) is 13.0 Å². The number of nitrogens with zero attached hydrogens (tertiary/aromatic N) is 4. The van der Waals surface area contributed by atoms with Gasteiger partial charge < -0.3 is 9.64 Å². The predicted molar refractivity (Wildman–Crippen MR) is 145 cm³/mol. The number of benzene rings is 1. The van der Waals surface area contributed by atoms with E-state index in [9.17, 15) is 26.9 Å². The summed E-state index contributed by atoms with van der Waals surface area (Å²) in [6, 6.07) is 8.69. The third-order valence-electron chi connectivity index (χ3n) is 6.51. The summed E-state index contributed by atoms with van der Waals surface area (Å²) in [4.78, 5) is 15.0. The molecule has 0 spiro atoms. The first-order valence-electron chi connectivity index (χ1n) is 12.3. The third kappa shape index (κ3) is 5.85. The van der Waals surface area contributed by atoms with Crippen LogP contribution >= 0.6 is 0 Å². The minimum atomic E-state index is -4.31. The number of ketones is 1. The lowest BCUT2D eigenvalue weighted by molar-refractivity contribution is 0.0723. The second-order valence-corrected chi connectivity index (χ2v) is 13.2. The van der Waals surface area contributed by atoms with Gasteiger partial charge in [-0.1, -0.05) is 30.7 Å². The SMILES string of the molecule is Cc1ccc(S(=O)(=O)n2c(C(=O)/C(C#N)=C/N(C)C)cc3c2=CC(NS(=O)(=O)N2CCOCC2)C(C)C=3)cc1. The molecule has 39 heavy (non-hydrogen) atoms. The average molecular weight is 574 g/mol. The van der Waals surface area contributed by atoms with Crippen LogP contribution in [0.25, 0.3) is 12.2 Å².